The van der Waals surface area contributed by atoms with E-state index in [0.717, 1.165) is 5.56 Å². The first-order valence-electron chi connectivity index (χ1n) is 9.86. The number of ether oxygens (including phenoxy) is 3. The van der Waals surface area contributed by atoms with Crippen LogP contribution in [0.25, 0.3) is 0 Å². The predicted molar refractivity (Wildman–Crippen MR) is 117 cm³/mol. The van der Waals surface area contributed by atoms with E-state index in [0.29, 0.717) is 37.7 Å². The minimum Gasteiger partial charge on any atom is -0.493 e. The van der Waals surface area contributed by atoms with Gasteiger partial charge in [0.05, 0.1) is 14.2 Å². The van der Waals surface area contributed by atoms with Gasteiger partial charge in [0.25, 0.3) is 5.92 Å². The van der Waals surface area contributed by atoms with Crippen molar-refractivity contribution >= 4 is 12.4 Å². The number of hydrogen-bond acceptors (Lipinski definition) is 6. The number of benzene rings is 2. The Kier molecular flexibility index (Phi) is 9.31. The summed E-state index contributed by atoms with van der Waals surface area (Å²) in [6.07, 6.45) is 0. The third-order valence-electron chi connectivity index (χ3n) is 5.18. The normalized spacial score (nSPS) is 15.6. The molecule has 1 atom stereocenters. The van der Waals surface area contributed by atoms with Crippen molar-refractivity contribution in [3.8, 4) is 17.2 Å². The van der Waals surface area contributed by atoms with Crippen LogP contribution in [0.2, 0.25) is 0 Å². The Morgan fingerprint density at radius 3 is 2.23 bits per heavy atom. The summed E-state index contributed by atoms with van der Waals surface area (Å²) in [7, 11) is 2.94. The molecular formula is C22H29ClF2N2O4. The monoisotopic (exact) mass is 458 g/mol. The van der Waals surface area contributed by atoms with E-state index in [9.17, 15) is 5.11 Å². The molecule has 1 aliphatic heterocycles. The van der Waals surface area contributed by atoms with E-state index >= 15 is 8.78 Å². The van der Waals surface area contributed by atoms with Gasteiger partial charge in [-0.3, -0.25) is 4.90 Å². The molecule has 0 saturated carbocycles. The fourth-order valence-corrected chi connectivity index (χ4v) is 3.67. The summed E-state index contributed by atoms with van der Waals surface area (Å²) in [5.74, 6) is -2.39. The number of aliphatic hydroxyl groups is 1. The average molecular weight is 459 g/mol. The number of rotatable bonds is 9. The van der Waals surface area contributed by atoms with E-state index in [1.807, 2.05) is 30.3 Å². The molecule has 0 radical (unpaired) electrons. The fourth-order valence-electron chi connectivity index (χ4n) is 3.67. The van der Waals surface area contributed by atoms with Crippen LogP contribution >= 0.6 is 12.4 Å². The van der Waals surface area contributed by atoms with Gasteiger partial charge in [0.1, 0.15) is 25.0 Å². The van der Waals surface area contributed by atoms with Gasteiger partial charge >= 0.3 is 0 Å². The maximum Gasteiger partial charge on any atom is 0.290 e. The highest BCUT2D eigenvalue weighted by Gasteiger charge is 2.45. The number of nitrogens with zero attached hydrogens (tertiary/aromatic N) is 1. The molecule has 9 heteroatoms. The molecule has 0 aliphatic carbocycles. The van der Waals surface area contributed by atoms with Crippen molar-refractivity contribution < 1.29 is 28.1 Å². The number of halogens is 3. The lowest BCUT2D eigenvalue weighted by Gasteiger charge is -2.39. The van der Waals surface area contributed by atoms with Crippen LogP contribution < -0.4 is 19.5 Å². The SMILES string of the molecule is COc1cc(OCc2ccccc2)c([C@H](N2CCNCC2)C(F)(F)CO)cc1OC.Cl. The van der Waals surface area contributed by atoms with E-state index in [1.165, 1.54) is 20.3 Å². The highest BCUT2D eigenvalue weighted by atomic mass is 35.5. The average Bonchev–Trinajstić information content (AvgIpc) is 2.79. The van der Waals surface area contributed by atoms with E-state index in [-0.39, 0.29) is 30.3 Å². The van der Waals surface area contributed by atoms with Gasteiger partial charge in [-0.1, -0.05) is 30.3 Å². The number of nitrogens with one attached hydrogen (secondary N) is 1. The van der Waals surface area contributed by atoms with Gasteiger partial charge in [0.2, 0.25) is 0 Å². The molecule has 1 aliphatic rings. The van der Waals surface area contributed by atoms with Gasteiger partial charge < -0.3 is 24.6 Å². The zero-order valence-corrected chi connectivity index (χ0v) is 18.5. The second kappa shape index (κ2) is 11.5. The molecule has 2 N–H and O–H groups in total. The molecule has 0 spiro atoms. The van der Waals surface area contributed by atoms with Gasteiger partial charge in [-0.25, -0.2) is 8.78 Å². The second-order valence-corrected chi connectivity index (χ2v) is 7.13. The van der Waals surface area contributed by atoms with Crippen molar-refractivity contribution in [3.63, 3.8) is 0 Å². The number of piperazine rings is 1. The third kappa shape index (κ3) is 5.98. The van der Waals surface area contributed by atoms with Crippen LogP contribution in [0.5, 0.6) is 17.2 Å². The topological polar surface area (TPSA) is 63.2 Å². The second-order valence-electron chi connectivity index (χ2n) is 7.13. The van der Waals surface area contributed by atoms with Crippen molar-refractivity contribution in [2.45, 2.75) is 18.6 Å². The Bertz CT molecular complexity index is 821. The molecule has 6 nitrogen and oxygen atoms in total. The molecule has 31 heavy (non-hydrogen) atoms. The zero-order valence-electron chi connectivity index (χ0n) is 17.6. The van der Waals surface area contributed by atoms with E-state index in [4.69, 9.17) is 14.2 Å². The molecule has 2 aromatic rings. The van der Waals surface area contributed by atoms with Crippen molar-refractivity contribution in [3.05, 3.63) is 53.6 Å². The summed E-state index contributed by atoms with van der Waals surface area (Å²) in [4.78, 5) is 1.67. The minimum atomic E-state index is -3.37. The summed E-state index contributed by atoms with van der Waals surface area (Å²) in [6.45, 7) is 0.965. The van der Waals surface area contributed by atoms with E-state index in [1.54, 1.807) is 11.0 Å². The minimum absolute atomic E-state index is 0. The molecule has 3 rings (SSSR count). The Morgan fingerprint density at radius 1 is 1.03 bits per heavy atom. The van der Waals surface area contributed by atoms with Crippen LogP contribution in [-0.4, -0.2) is 62.9 Å². The Hall–Kier alpha value is -2.13. The van der Waals surface area contributed by atoms with Crippen LogP contribution in [-0.2, 0) is 6.61 Å². The van der Waals surface area contributed by atoms with Crippen LogP contribution in [0.15, 0.2) is 42.5 Å². The maximum atomic E-state index is 15.0. The zero-order chi connectivity index (χ0) is 21.6. The van der Waals surface area contributed by atoms with E-state index < -0.39 is 18.6 Å². The van der Waals surface area contributed by atoms with Gasteiger partial charge in [0, 0.05) is 37.8 Å². The predicted octanol–water partition coefficient (Wildman–Crippen LogP) is 3.28. The van der Waals surface area contributed by atoms with Crippen LogP contribution in [0.3, 0.4) is 0 Å². The number of alkyl halides is 2. The summed E-state index contributed by atoms with van der Waals surface area (Å²) in [5, 5.41) is 12.7. The smallest absolute Gasteiger partial charge is 0.290 e. The summed E-state index contributed by atoms with van der Waals surface area (Å²) < 4.78 is 46.7. The Balaban J connectivity index is 0.00000341. The van der Waals surface area contributed by atoms with Crippen LogP contribution in [0, 0.1) is 0 Å². The summed E-state index contributed by atoms with van der Waals surface area (Å²) >= 11 is 0. The molecule has 1 heterocycles. The van der Waals surface area contributed by atoms with E-state index in [2.05, 4.69) is 5.32 Å². The summed E-state index contributed by atoms with van der Waals surface area (Å²) in [5.41, 5.74) is 1.16. The lowest BCUT2D eigenvalue weighted by atomic mass is 9.96. The number of hydrogen-bond donors (Lipinski definition) is 2. The van der Waals surface area contributed by atoms with Crippen LogP contribution in [0.4, 0.5) is 8.78 Å². The lowest BCUT2D eigenvalue weighted by molar-refractivity contribution is -0.119. The lowest BCUT2D eigenvalue weighted by Crippen LogP contribution is -2.51. The fraction of sp³-hybridized carbons (Fsp3) is 0.455. The summed E-state index contributed by atoms with van der Waals surface area (Å²) in [6, 6.07) is 11.2. The first-order valence-corrected chi connectivity index (χ1v) is 9.86. The first kappa shape index (κ1) is 25.1. The molecule has 1 fully saturated rings. The molecule has 172 valence electrons. The van der Waals surface area contributed by atoms with Gasteiger partial charge in [0.15, 0.2) is 11.5 Å². The molecule has 0 amide bonds. The molecule has 0 aromatic heterocycles. The molecule has 0 bridgehead atoms. The highest BCUT2D eigenvalue weighted by Crippen LogP contribution is 2.45. The Morgan fingerprint density at radius 2 is 1.65 bits per heavy atom. The Labute approximate surface area is 187 Å². The first-order chi connectivity index (χ1) is 14.5. The molecule has 0 unspecified atom stereocenters. The van der Waals surface area contributed by atoms with Gasteiger partial charge in [-0.05, 0) is 11.6 Å². The third-order valence-corrected chi connectivity index (χ3v) is 5.18. The maximum absolute atomic E-state index is 15.0. The largest absolute Gasteiger partial charge is 0.493 e. The van der Waals surface area contributed by atoms with Crippen LogP contribution in [0.1, 0.15) is 17.2 Å². The quantitative estimate of drug-likeness (QED) is 0.601. The molecule has 1 saturated heterocycles. The number of aliphatic hydroxyl groups excluding tert-OH is 1. The van der Waals surface area contributed by atoms with Crippen molar-refractivity contribution in [1.29, 1.82) is 0 Å². The van der Waals surface area contributed by atoms with Crippen molar-refractivity contribution in [1.82, 2.24) is 10.2 Å². The standard InChI is InChI=1S/C22H28F2N2O4.ClH/c1-28-19-12-17(21(22(23,24)15-27)26-10-8-25-9-11-26)18(13-20(19)29-2)30-14-16-6-4-3-5-7-16;/h3-7,12-13,21,25,27H,8-11,14-15H2,1-2H3;1H/t21-;/m0./s1. The molecule has 2 aromatic carbocycles. The van der Waals surface area contributed by atoms with Gasteiger partial charge in [-0.15, -0.1) is 12.4 Å². The highest BCUT2D eigenvalue weighted by molar-refractivity contribution is 5.85. The van der Waals surface area contributed by atoms with Crippen molar-refractivity contribution in [2.24, 2.45) is 0 Å². The number of methoxy groups -OCH3 is 2. The van der Waals surface area contributed by atoms with Gasteiger partial charge in [-0.2, -0.15) is 0 Å². The van der Waals surface area contributed by atoms with Crippen molar-refractivity contribution in [2.75, 3.05) is 47.0 Å². The molecular weight excluding hydrogens is 430 g/mol.